The molecule has 1 aliphatic heterocycles. The Morgan fingerprint density at radius 2 is 1.60 bits per heavy atom. The molecule has 2 aromatic carbocycles. The van der Waals surface area contributed by atoms with Crippen molar-refractivity contribution in [2.24, 2.45) is 0 Å². The molecule has 0 aromatic heterocycles. The lowest BCUT2D eigenvalue weighted by Crippen LogP contribution is -2.32. The van der Waals surface area contributed by atoms with Crippen molar-refractivity contribution in [3.8, 4) is 0 Å². The van der Waals surface area contributed by atoms with Crippen molar-refractivity contribution in [1.29, 1.82) is 0 Å². The summed E-state index contributed by atoms with van der Waals surface area (Å²) in [6.45, 7) is 2.47. The minimum Gasteiger partial charge on any atom is -0.287 e. The Kier molecular flexibility index (Phi) is 3.24. The second kappa shape index (κ2) is 5.06. The fourth-order valence-electron chi connectivity index (χ4n) is 2.26. The van der Waals surface area contributed by atoms with Crippen LogP contribution in [0.1, 0.15) is 5.56 Å². The van der Waals surface area contributed by atoms with Crippen LogP contribution in [0.4, 0.5) is 16.2 Å². The molecule has 1 fully saturated rings. The SMILES string of the molecule is Cc1ccc(N2C(=O)N(c3ccccc3)CC2=S)cc1. The van der Waals surface area contributed by atoms with Crippen LogP contribution in [0.25, 0.3) is 0 Å². The van der Waals surface area contributed by atoms with Gasteiger partial charge in [0.2, 0.25) is 0 Å². The van der Waals surface area contributed by atoms with Gasteiger partial charge in [0.25, 0.3) is 0 Å². The van der Waals surface area contributed by atoms with Gasteiger partial charge in [-0.15, -0.1) is 0 Å². The predicted octanol–water partition coefficient (Wildman–Crippen LogP) is 3.77. The van der Waals surface area contributed by atoms with Gasteiger partial charge in [-0.1, -0.05) is 48.1 Å². The maximum atomic E-state index is 12.6. The highest BCUT2D eigenvalue weighted by atomic mass is 32.1. The number of benzene rings is 2. The number of aryl methyl sites for hydroxylation is 1. The fourth-order valence-corrected chi connectivity index (χ4v) is 2.57. The van der Waals surface area contributed by atoms with Crippen LogP contribution in [-0.4, -0.2) is 17.6 Å². The Balaban J connectivity index is 1.93. The molecular weight excluding hydrogens is 268 g/mol. The van der Waals surface area contributed by atoms with Crippen molar-refractivity contribution >= 4 is 34.6 Å². The first kappa shape index (κ1) is 12.8. The van der Waals surface area contributed by atoms with E-state index in [2.05, 4.69) is 0 Å². The number of rotatable bonds is 2. The average Bonchev–Trinajstić information content (AvgIpc) is 2.76. The number of amides is 2. The van der Waals surface area contributed by atoms with Gasteiger partial charge in [0.05, 0.1) is 12.2 Å². The van der Waals surface area contributed by atoms with Crippen molar-refractivity contribution in [3.63, 3.8) is 0 Å². The van der Waals surface area contributed by atoms with Gasteiger partial charge in [0, 0.05) is 5.69 Å². The van der Waals surface area contributed by atoms with E-state index in [0.717, 1.165) is 16.9 Å². The summed E-state index contributed by atoms with van der Waals surface area (Å²) in [5.41, 5.74) is 2.85. The summed E-state index contributed by atoms with van der Waals surface area (Å²) in [5.74, 6) is 0. The smallest absolute Gasteiger partial charge is 0.287 e. The van der Waals surface area contributed by atoms with Crippen LogP contribution in [0.5, 0.6) is 0 Å². The molecule has 0 radical (unpaired) electrons. The number of hydrogen-bond acceptors (Lipinski definition) is 2. The molecule has 1 heterocycles. The van der Waals surface area contributed by atoms with Gasteiger partial charge >= 0.3 is 6.03 Å². The van der Waals surface area contributed by atoms with E-state index >= 15 is 0 Å². The van der Waals surface area contributed by atoms with E-state index in [1.54, 1.807) is 9.80 Å². The summed E-state index contributed by atoms with van der Waals surface area (Å²) in [5, 5.41) is 0. The molecule has 2 amide bonds. The van der Waals surface area contributed by atoms with E-state index in [9.17, 15) is 4.79 Å². The van der Waals surface area contributed by atoms with Gasteiger partial charge in [0.1, 0.15) is 4.99 Å². The number of anilines is 2. The first-order chi connectivity index (χ1) is 9.66. The monoisotopic (exact) mass is 282 g/mol. The largest absolute Gasteiger partial charge is 0.334 e. The van der Waals surface area contributed by atoms with Crippen LogP contribution in [0.2, 0.25) is 0 Å². The lowest BCUT2D eigenvalue weighted by Gasteiger charge is -2.18. The highest BCUT2D eigenvalue weighted by molar-refractivity contribution is 7.80. The molecular formula is C16H14N2OS. The Bertz CT molecular complexity index is 652. The highest BCUT2D eigenvalue weighted by Crippen LogP contribution is 2.26. The van der Waals surface area contributed by atoms with Gasteiger partial charge in [-0.25, -0.2) is 4.79 Å². The third kappa shape index (κ3) is 2.18. The zero-order valence-corrected chi connectivity index (χ0v) is 11.9. The number of carbonyl (C=O) groups is 1. The molecule has 0 saturated carbocycles. The number of nitrogens with zero attached hydrogens (tertiary/aromatic N) is 2. The minimum atomic E-state index is -0.0925. The van der Waals surface area contributed by atoms with Crippen molar-refractivity contribution in [3.05, 3.63) is 60.2 Å². The molecule has 20 heavy (non-hydrogen) atoms. The summed E-state index contributed by atoms with van der Waals surface area (Å²) in [4.78, 5) is 16.5. The van der Waals surface area contributed by atoms with Crippen LogP contribution in [0.3, 0.4) is 0 Å². The molecule has 0 spiro atoms. The van der Waals surface area contributed by atoms with E-state index in [-0.39, 0.29) is 6.03 Å². The normalized spacial score (nSPS) is 15.1. The van der Waals surface area contributed by atoms with Crippen LogP contribution in [0, 0.1) is 6.92 Å². The Morgan fingerprint density at radius 1 is 0.950 bits per heavy atom. The second-order valence-corrected chi connectivity index (χ2v) is 5.24. The van der Waals surface area contributed by atoms with Crippen molar-refractivity contribution in [2.45, 2.75) is 6.92 Å². The third-order valence-corrected chi connectivity index (χ3v) is 3.64. The molecule has 1 aliphatic rings. The van der Waals surface area contributed by atoms with E-state index in [4.69, 9.17) is 12.2 Å². The maximum absolute atomic E-state index is 12.6. The van der Waals surface area contributed by atoms with Gasteiger partial charge in [-0.2, -0.15) is 0 Å². The molecule has 0 bridgehead atoms. The molecule has 0 unspecified atom stereocenters. The van der Waals surface area contributed by atoms with Crippen molar-refractivity contribution in [1.82, 2.24) is 0 Å². The van der Waals surface area contributed by atoms with Gasteiger partial charge < -0.3 is 0 Å². The Hall–Kier alpha value is -2.20. The number of carbonyl (C=O) groups excluding carboxylic acids is 1. The standard InChI is InChI=1S/C16H14N2OS/c1-12-7-9-14(10-8-12)18-15(20)11-17(16(18)19)13-5-3-2-4-6-13/h2-10H,11H2,1H3. The number of thiocarbonyl (C=S) groups is 1. The van der Waals surface area contributed by atoms with Gasteiger partial charge in [-0.3, -0.25) is 9.80 Å². The maximum Gasteiger partial charge on any atom is 0.334 e. The van der Waals surface area contributed by atoms with E-state index in [0.29, 0.717) is 11.5 Å². The van der Waals surface area contributed by atoms with Crippen LogP contribution in [-0.2, 0) is 0 Å². The van der Waals surface area contributed by atoms with Crippen LogP contribution in [0.15, 0.2) is 54.6 Å². The molecule has 0 atom stereocenters. The van der Waals surface area contributed by atoms with Crippen molar-refractivity contribution in [2.75, 3.05) is 16.3 Å². The third-order valence-electron chi connectivity index (χ3n) is 3.33. The molecule has 2 aromatic rings. The molecule has 0 N–H and O–H groups in total. The summed E-state index contributed by atoms with van der Waals surface area (Å²) in [6, 6.07) is 17.3. The number of hydrogen-bond donors (Lipinski definition) is 0. The summed E-state index contributed by atoms with van der Waals surface area (Å²) in [7, 11) is 0. The summed E-state index contributed by atoms with van der Waals surface area (Å²) >= 11 is 5.37. The predicted molar refractivity (Wildman–Crippen MR) is 85.4 cm³/mol. The van der Waals surface area contributed by atoms with Crippen LogP contribution < -0.4 is 9.80 Å². The molecule has 3 nitrogen and oxygen atoms in total. The first-order valence-corrected chi connectivity index (χ1v) is 6.84. The van der Waals surface area contributed by atoms with Crippen molar-refractivity contribution < 1.29 is 4.79 Å². The zero-order valence-electron chi connectivity index (χ0n) is 11.1. The minimum absolute atomic E-state index is 0.0925. The quantitative estimate of drug-likeness (QED) is 0.783. The average molecular weight is 282 g/mol. The van der Waals surface area contributed by atoms with Gasteiger partial charge in [0.15, 0.2) is 0 Å². The molecule has 4 heteroatoms. The van der Waals surface area contributed by atoms with E-state index in [1.165, 1.54) is 0 Å². The lowest BCUT2D eigenvalue weighted by molar-refractivity contribution is 0.256. The summed E-state index contributed by atoms with van der Waals surface area (Å²) in [6.07, 6.45) is 0. The number of para-hydroxylation sites is 1. The van der Waals surface area contributed by atoms with Gasteiger partial charge in [-0.05, 0) is 31.2 Å². The summed E-state index contributed by atoms with van der Waals surface area (Å²) < 4.78 is 0. The number of urea groups is 1. The Morgan fingerprint density at radius 3 is 2.25 bits per heavy atom. The molecule has 0 aliphatic carbocycles. The van der Waals surface area contributed by atoms with Crippen LogP contribution >= 0.6 is 12.2 Å². The lowest BCUT2D eigenvalue weighted by atomic mass is 10.2. The molecule has 100 valence electrons. The molecule has 1 saturated heterocycles. The Labute approximate surface area is 123 Å². The topological polar surface area (TPSA) is 23.6 Å². The first-order valence-electron chi connectivity index (χ1n) is 6.43. The highest BCUT2D eigenvalue weighted by Gasteiger charge is 2.34. The zero-order chi connectivity index (χ0) is 14.1. The van der Waals surface area contributed by atoms with E-state index in [1.807, 2.05) is 61.5 Å². The fraction of sp³-hybridized carbons (Fsp3) is 0.125. The molecule has 3 rings (SSSR count). The van der Waals surface area contributed by atoms with E-state index < -0.39 is 0 Å². The second-order valence-electron chi connectivity index (χ2n) is 4.77.